The lowest BCUT2D eigenvalue weighted by Crippen LogP contribution is -2.37. The fraction of sp³-hybridized carbons (Fsp3) is 0.538. The standard InChI is InChI=1S/C13H21N3O2S.ClH/c1-11-4-6-13(7-5-11)19(17,18)16-9-2-3-12(15-14)8-10-16;/h4-7,12,15H,2-3,8-10,14H2,1H3;1H. The van der Waals surface area contributed by atoms with Crippen LogP contribution in [0.1, 0.15) is 24.8 Å². The van der Waals surface area contributed by atoms with Crippen LogP contribution in [-0.2, 0) is 10.0 Å². The van der Waals surface area contributed by atoms with Crippen molar-refractivity contribution < 1.29 is 8.42 Å². The number of halogens is 1. The first kappa shape index (κ1) is 17.4. The number of sulfonamides is 1. The second-order valence-electron chi connectivity index (χ2n) is 5.01. The van der Waals surface area contributed by atoms with Crippen molar-refractivity contribution >= 4 is 22.4 Å². The van der Waals surface area contributed by atoms with Gasteiger partial charge in [0.15, 0.2) is 0 Å². The number of hydrazine groups is 1. The van der Waals surface area contributed by atoms with Crippen LogP contribution in [0.25, 0.3) is 0 Å². The maximum Gasteiger partial charge on any atom is 0.243 e. The van der Waals surface area contributed by atoms with Crippen molar-refractivity contribution in [2.24, 2.45) is 5.84 Å². The molecule has 0 amide bonds. The summed E-state index contributed by atoms with van der Waals surface area (Å²) in [4.78, 5) is 0.372. The summed E-state index contributed by atoms with van der Waals surface area (Å²) >= 11 is 0. The maximum atomic E-state index is 12.5. The molecule has 0 spiro atoms. The fourth-order valence-electron chi connectivity index (χ4n) is 2.34. The van der Waals surface area contributed by atoms with Crippen molar-refractivity contribution in [1.82, 2.24) is 9.73 Å². The molecule has 1 aromatic rings. The first-order valence-electron chi connectivity index (χ1n) is 6.57. The summed E-state index contributed by atoms with van der Waals surface area (Å²) in [7, 11) is -3.37. The summed E-state index contributed by atoms with van der Waals surface area (Å²) in [5, 5.41) is 0. The molecule has 1 aromatic carbocycles. The van der Waals surface area contributed by atoms with Crippen LogP contribution in [0.3, 0.4) is 0 Å². The largest absolute Gasteiger partial charge is 0.271 e. The smallest absolute Gasteiger partial charge is 0.243 e. The van der Waals surface area contributed by atoms with Gasteiger partial charge in [0.1, 0.15) is 0 Å². The van der Waals surface area contributed by atoms with Gasteiger partial charge in [-0.2, -0.15) is 4.31 Å². The molecule has 0 saturated carbocycles. The zero-order chi connectivity index (χ0) is 13.9. The molecule has 114 valence electrons. The Hall–Kier alpha value is -0.660. The summed E-state index contributed by atoms with van der Waals surface area (Å²) in [6.07, 6.45) is 2.50. The molecule has 2 rings (SSSR count). The summed E-state index contributed by atoms with van der Waals surface area (Å²) < 4.78 is 26.6. The Morgan fingerprint density at radius 3 is 2.45 bits per heavy atom. The van der Waals surface area contributed by atoms with Gasteiger partial charge < -0.3 is 0 Å². The summed E-state index contributed by atoms with van der Waals surface area (Å²) in [6, 6.07) is 7.21. The number of hydrogen-bond donors (Lipinski definition) is 2. The van der Waals surface area contributed by atoms with E-state index >= 15 is 0 Å². The number of hydrogen-bond acceptors (Lipinski definition) is 4. The van der Waals surface area contributed by atoms with Gasteiger partial charge in [0.05, 0.1) is 4.90 Å². The second kappa shape index (κ2) is 7.38. The number of nitrogens with one attached hydrogen (secondary N) is 1. The first-order chi connectivity index (χ1) is 9.04. The van der Waals surface area contributed by atoms with Gasteiger partial charge in [-0.25, -0.2) is 8.42 Å². The van der Waals surface area contributed by atoms with Crippen molar-refractivity contribution in [3.8, 4) is 0 Å². The Balaban J connectivity index is 0.00000200. The normalized spacial score (nSPS) is 21.0. The van der Waals surface area contributed by atoms with Gasteiger partial charge >= 0.3 is 0 Å². The quantitative estimate of drug-likeness (QED) is 0.652. The highest BCUT2D eigenvalue weighted by Gasteiger charge is 2.27. The Morgan fingerprint density at radius 1 is 1.20 bits per heavy atom. The highest BCUT2D eigenvalue weighted by atomic mass is 35.5. The molecule has 1 fully saturated rings. The number of benzene rings is 1. The SMILES string of the molecule is Cc1ccc(S(=O)(=O)N2CCCC(NN)CC2)cc1.Cl. The zero-order valence-electron chi connectivity index (χ0n) is 11.6. The number of aryl methyl sites for hydroxylation is 1. The van der Waals surface area contributed by atoms with Crippen LogP contribution < -0.4 is 11.3 Å². The van der Waals surface area contributed by atoms with E-state index in [1.54, 1.807) is 16.4 Å². The predicted octanol–water partition coefficient (Wildman–Crippen LogP) is 1.42. The molecule has 1 atom stereocenters. The van der Waals surface area contributed by atoms with Crippen LogP contribution in [-0.4, -0.2) is 31.9 Å². The van der Waals surface area contributed by atoms with Crippen LogP contribution in [0.15, 0.2) is 29.2 Å². The highest BCUT2D eigenvalue weighted by Crippen LogP contribution is 2.20. The average Bonchev–Trinajstić information content (AvgIpc) is 2.65. The van der Waals surface area contributed by atoms with E-state index in [2.05, 4.69) is 5.43 Å². The van der Waals surface area contributed by atoms with Gasteiger partial charge in [0.25, 0.3) is 0 Å². The Kier molecular flexibility index (Phi) is 6.42. The van der Waals surface area contributed by atoms with Crippen LogP contribution in [0, 0.1) is 6.92 Å². The van der Waals surface area contributed by atoms with Crippen LogP contribution in [0.2, 0.25) is 0 Å². The molecule has 1 aliphatic heterocycles. The van der Waals surface area contributed by atoms with Crippen LogP contribution in [0.4, 0.5) is 0 Å². The summed E-state index contributed by atoms with van der Waals surface area (Å²) in [5.41, 5.74) is 3.80. The van der Waals surface area contributed by atoms with E-state index in [4.69, 9.17) is 5.84 Å². The molecular formula is C13H22ClN3O2S. The molecule has 1 heterocycles. The molecule has 1 saturated heterocycles. The lowest BCUT2D eigenvalue weighted by atomic mass is 10.1. The fourth-order valence-corrected chi connectivity index (χ4v) is 3.83. The van der Waals surface area contributed by atoms with Crippen molar-refractivity contribution in [2.45, 2.75) is 37.1 Å². The molecule has 0 aliphatic carbocycles. The molecule has 1 aliphatic rings. The Bertz CT molecular complexity index is 519. The van der Waals surface area contributed by atoms with Gasteiger partial charge in [-0.3, -0.25) is 11.3 Å². The van der Waals surface area contributed by atoms with E-state index in [9.17, 15) is 8.42 Å². The van der Waals surface area contributed by atoms with Gasteiger partial charge in [0.2, 0.25) is 10.0 Å². The van der Waals surface area contributed by atoms with Gasteiger partial charge in [-0.05, 0) is 38.3 Å². The summed E-state index contributed by atoms with van der Waals surface area (Å²) in [5.74, 6) is 5.44. The topological polar surface area (TPSA) is 75.4 Å². The molecule has 3 N–H and O–H groups in total. The number of rotatable bonds is 3. The molecule has 0 radical (unpaired) electrons. The summed E-state index contributed by atoms with van der Waals surface area (Å²) in [6.45, 7) is 3.03. The third-order valence-corrected chi connectivity index (χ3v) is 5.49. The third-order valence-electron chi connectivity index (χ3n) is 3.58. The first-order valence-corrected chi connectivity index (χ1v) is 8.01. The molecule has 7 heteroatoms. The highest BCUT2D eigenvalue weighted by molar-refractivity contribution is 7.89. The van der Waals surface area contributed by atoms with Crippen molar-refractivity contribution in [3.63, 3.8) is 0 Å². The van der Waals surface area contributed by atoms with Gasteiger partial charge in [0, 0.05) is 19.1 Å². The van der Waals surface area contributed by atoms with E-state index < -0.39 is 10.0 Å². The molecule has 0 aromatic heterocycles. The van der Waals surface area contributed by atoms with E-state index in [1.165, 1.54) is 0 Å². The predicted molar refractivity (Wildman–Crippen MR) is 82.1 cm³/mol. The van der Waals surface area contributed by atoms with Crippen LogP contribution in [0.5, 0.6) is 0 Å². The number of nitrogens with zero attached hydrogens (tertiary/aromatic N) is 1. The van der Waals surface area contributed by atoms with E-state index in [0.29, 0.717) is 18.0 Å². The van der Waals surface area contributed by atoms with Gasteiger partial charge in [-0.15, -0.1) is 12.4 Å². The van der Waals surface area contributed by atoms with Crippen molar-refractivity contribution in [2.75, 3.05) is 13.1 Å². The van der Waals surface area contributed by atoms with Gasteiger partial charge in [-0.1, -0.05) is 17.7 Å². The molecule has 0 bridgehead atoms. The maximum absolute atomic E-state index is 12.5. The third kappa shape index (κ3) is 3.93. The lowest BCUT2D eigenvalue weighted by molar-refractivity contribution is 0.415. The van der Waals surface area contributed by atoms with E-state index in [-0.39, 0.29) is 18.4 Å². The molecule has 1 unspecified atom stereocenters. The second-order valence-corrected chi connectivity index (χ2v) is 6.95. The Labute approximate surface area is 127 Å². The monoisotopic (exact) mass is 319 g/mol. The van der Waals surface area contributed by atoms with Crippen LogP contribution >= 0.6 is 12.4 Å². The van der Waals surface area contributed by atoms with E-state index in [0.717, 1.165) is 24.8 Å². The lowest BCUT2D eigenvalue weighted by Gasteiger charge is -2.20. The Morgan fingerprint density at radius 2 is 1.85 bits per heavy atom. The minimum Gasteiger partial charge on any atom is -0.271 e. The molecule has 20 heavy (non-hydrogen) atoms. The zero-order valence-corrected chi connectivity index (χ0v) is 13.2. The minimum atomic E-state index is -3.37. The minimum absolute atomic E-state index is 0. The van der Waals surface area contributed by atoms with Crippen molar-refractivity contribution in [1.29, 1.82) is 0 Å². The molecular weight excluding hydrogens is 298 g/mol. The van der Waals surface area contributed by atoms with Crippen molar-refractivity contribution in [3.05, 3.63) is 29.8 Å². The van der Waals surface area contributed by atoms with E-state index in [1.807, 2.05) is 19.1 Å². The molecule has 5 nitrogen and oxygen atoms in total. The number of nitrogens with two attached hydrogens (primary N) is 1. The average molecular weight is 320 g/mol.